The van der Waals surface area contributed by atoms with Crippen molar-refractivity contribution < 1.29 is 0 Å². The van der Waals surface area contributed by atoms with Crippen LogP contribution in [0.2, 0.25) is 0 Å². The quantitative estimate of drug-likeness (QED) is 0.848. The predicted molar refractivity (Wildman–Crippen MR) is 91.2 cm³/mol. The molecule has 0 amide bonds. The highest BCUT2D eigenvalue weighted by atomic mass is 15.6. The maximum atomic E-state index is 4.29. The Balaban J connectivity index is 1.81. The zero-order chi connectivity index (χ0) is 16.4. The summed E-state index contributed by atoms with van der Waals surface area (Å²) >= 11 is 0. The second-order valence-electron chi connectivity index (χ2n) is 6.62. The van der Waals surface area contributed by atoms with Crippen LogP contribution in [0, 0.1) is 5.92 Å². The molecule has 1 aromatic carbocycles. The molecule has 1 aliphatic rings. The minimum atomic E-state index is 0.289. The van der Waals surface area contributed by atoms with E-state index in [4.69, 9.17) is 0 Å². The van der Waals surface area contributed by atoms with E-state index in [2.05, 4.69) is 77.5 Å². The third-order valence-corrected chi connectivity index (χ3v) is 4.84. The molecule has 1 aromatic heterocycles. The van der Waals surface area contributed by atoms with Crippen molar-refractivity contribution in [1.82, 2.24) is 25.1 Å². The fourth-order valence-corrected chi connectivity index (χ4v) is 3.26. The molecule has 2 atom stereocenters. The molecule has 6 nitrogen and oxygen atoms in total. The fourth-order valence-electron chi connectivity index (χ4n) is 3.26. The van der Waals surface area contributed by atoms with Crippen molar-refractivity contribution in [2.45, 2.75) is 39.4 Å². The van der Waals surface area contributed by atoms with E-state index in [9.17, 15) is 0 Å². The molecule has 0 saturated carbocycles. The average molecular weight is 314 g/mol. The molecule has 2 aromatic rings. The molecular formula is C17H26N6. The minimum absolute atomic E-state index is 0.289. The number of anilines is 1. The van der Waals surface area contributed by atoms with Gasteiger partial charge in [0, 0.05) is 32.9 Å². The molecule has 0 aliphatic carbocycles. The molecule has 0 bridgehead atoms. The van der Waals surface area contributed by atoms with Gasteiger partial charge in [-0.25, -0.2) is 4.68 Å². The summed E-state index contributed by atoms with van der Waals surface area (Å²) in [4.78, 5) is 4.64. The van der Waals surface area contributed by atoms with Crippen LogP contribution in [0.3, 0.4) is 0 Å². The minimum Gasteiger partial charge on any atom is -0.378 e. The van der Waals surface area contributed by atoms with Gasteiger partial charge in [0.15, 0.2) is 5.82 Å². The smallest absolute Gasteiger partial charge is 0.168 e. The number of hydrogen-bond acceptors (Lipinski definition) is 5. The first kappa shape index (κ1) is 15.9. The third-order valence-electron chi connectivity index (χ3n) is 4.84. The largest absolute Gasteiger partial charge is 0.378 e. The van der Waals surface area contributed by atoms with Gasteiger partial charge in [-0.3, -0.25) is 4.90 Å². The van der Waals surface area contributed by atoms with E-state index < -0.39 is 0 Å². The van der Waals surface area contributed by atoms with E-state index in [1.54, 1.807) is 0 Å². The third kappa shape index (κ3) is 3.22. The lowest BCUT2D eigenvalue weighted by molar-refractivity contribution is 0.0949. The first-order valence-electron chi connectivity index (χ1n) is 8.36. The maximum absolute atomic E-state index is 4.29. The SMILES string of the molecule is CCC(C)C1c2nnnn2CCN1Cc1ccc(N(C)C)cc1. The molecule has 0 N–H and O–H groups in total. The molecule has 6 heteroatoms. The Morgan fingerprint density at radius 2 is 1.96 bits per heavy atom. The standard InChI is InChI=1S/C17H26N6/c1-5-13(2)16-17-18-19-20-23(17)11-10-22(16)12-14-6-8-15(9-7-14)21(3)4/h6-9,13,16H,5,10-12H2,1-4H3. The Bertz CT molecular complexity index is 633. The Morgan fingerprint density at radius 1 is 1.22 bits per heavy atom. The van der Waals surface area contributed by atoms with Gasteiger partial charge >= 0.3 is 0 Å². The van der Waals surface area contributed by atoms with Gasteiger partial charge < -0.3 is 4.90 Å². The van der Waals surface area contributed by atoms with Crippen LogP contribution in [0.15, 0.2) is 24.3 Å². The molecule has 2 heterocycles. The molecular weight excluding hydrogens is 288 g/mol. The highest BCUT2D eigenvalue weighted by Crippen LogP contribution is 2.33. The second-order valence-corrected chi connectivity index (χ2v) is 6.62. The van der Waals surface area contributed by atoms with Crippen molar-refractivity contribution in [2.75, 3.05) is 25.5 Å². The normalized spacial score (nSPS) is 19.4. The summed E-state index contributed by atoms with van der Waals surface area (Å²) in [6.07, 6.45) is 1.12. The second kappa shape index (κ2) is 6.66. The van der Waals surface area contributed by atoms with Crippen LogP contribution in [-0.2, 0) is 13.1 Å². The number of benzene rings is 1. The lowest BCUT2D eigenvalue weighted by Gasteiger charge is -2.37. The van der Waals surface area contributed by atoms with Gasteiger partial charge in [-0.1, -0.05) is 32.4 Å². The number of aromatic nitrogens is 4. The zero-order valence-corrected chi connectivity index (χ0v) is 14.5. The van der Waals surface area contributed by atoms with Gasteiger partial charge in [-0.05, 0) is 34.0 Å². The van der Waals surface area contributed by atoms with Crippen LogP contribution in [0.5, 0.6) is 0 Å². The van der Waals surface area contributed by atoms with Gasteiger partial charge in [0.25, 0.3) is 0 Å². The lowest BCUT2D eigenvalue weighted by atomic mass is 9.95. The number of fused-ring (bicyclic) bond motifs is 1. The van der Waals surface area contributed by atoms with Gasteiger partial charge in [0.1, 0.15) is 0 Å². The first-order chi connectivity index (χ1) is 11.1. The van der Waals surface area contributed by atoms with Crippen LogP contribution >= 0.6 is 0 Å². The summed E-state index contributed by atoms with van der Waals surface area (Å²) < 4.78 is 1.96. The van der Waals surface area contributed by atoms with E-state index >= 15 is 0 Å². The van der Waals surface area contributed by atoms with Crippen LogP contribution in [0.4, 0.5) is 5.69 Å². The van der Waals surface area contributed by atoms with Gasteiger partial charge in [0.05, 0.1) is 12.6 Å². The maximum Gasteiger partial charge on any atom is 0.168 e. The van der Waals surface area contributed by atoms with Crippen LogP contribution < -0.4 is 4.90 Å². The van der Waals surface area contributed by atoms with Crippen molar-refractivity contribution in [3.63, 3.8) is 0 Å². The van der Waals surface area contributed by atoms with Gasteiger partial charge in [0.2, 0.25) is 0 Å². The Hall–Kier alpha value is -1.95. The molecule has 3 rings (SSSR count). The Kier molecular flexibility index (Phi) is 4.61. The van der Waals surface area contributed by atoms with E-state index in [-0.39, 0.29) is 6.04 Å². The summed E-state index contributed by atoms with van der Waals surface area (Å²) in [5, 5.41) is 12.3. The number of tetrazole rings is 1. The molecule has 0 spiro atoms. The van der Waals surface area contributed by atoms with Crippen molar-refractivity contribution >= 4 is 5.69 Å². The lowest BCUT2D eigenvalue weighted by Crippen LogP contribution is -2.41. The van der Waals surface area contributed by atoms with Gasteiger partial charge in [-0.2, -0.15) is 0 Å². The molecule has 2 unspecified atom stereocenters. The summed E-state index contributed by atoms with van der Waals surface area (Å²) in [7, 11) is 4.14. The summed E-state index contributed by atoms with van der Waals surface area (Å²) in [6, 6.07) is 9.10. The van der Waals surface area contributed by atoms with E-state index in [0.717, 1.165) is 31.9 Å². The first-order valence-corrected chi connectivity index (χ1v) is 8.36. The Labute approximate surface area is 138 Å². The fraction of sp³-hybridized carbons (Fsp3) is 0.588. The van der Waals surface area contributed by atoms with Crippen molar-refractivity contribution in [3.8, 4) is 0 Å². The monoisotopic (exact) mass is 314 g/mol. The zero-order valence-electron chi connectivity index (χ0n) is 14.5. The predicted octanol–water partition coefficient (Wildman–Crippen LogP) is 2.34. The van der Waals surface area contributed by atoms with Crippen LogP contribution in [0.25, 0.3) is 0 Å². The number of rotatable bonds is 5. The van der Waals surface area contributed by atoms with E-state index in [1.807, 2.05) is 4.68 Å². The molecule has 23 heavy (non-hydrogen) atoms. The summed E-state index contributed by atoms with van der Waals surface area (Å²) in [6.45, 7) is 7.32. The number of nitrogens with zero attached hydrogens (tertiary/aromatic N) is 6. The van der Waals surface area contributed by atoms with E-state index in [1.165, 1.54) is 11.3 Å². The highest BCUT2D eigenvalue weighted by molar-refractivity contribution is 5.46. The molecule has 0 radical (unpaired) electrons. The van der Waals surface area contributed by atoms with Gasteiger partial charge in [-0.15, -0.1) is 5.10 Å². The van der Waals surface area contributed by atoms with Crippen LogP contribution in [0.1, 0.15) is 37.7 Å². The van der Waals surface area contributed by atoms with E-state index in [0.29, 0.717) is 5.92 Å². The Morgan fingerprint density at radius 3 is 2.61 bits per heavy atom. The van der Waals surface area contributed by atoms with Crippen molar-refractivity contribution in [3.05, 3.63) is 35.7 Å². The summed E-state index contributed by atoms with van der Waals surface area (Å²) in [5.74, 6) is 1.54. The highest BCUT2D eigenvalue weighted by Gasteiger charge is 2.33. The molecule has 0 saturated heterocycles. The molecule has 1 aliphatic heterocycles. The average Bonchev–Trinajstić information content (AvgIpc) is 3.03. The van der Waals surface area contributed by atoms with Crippen LogP contribution in [-0.4, -0.2) is 45.7 Å². The topological polar surface area (TPSA) is 50.1 Å². The molecule has 0 fully saturated rings. The van der Waals surface area contributed by atoms with Crippen molar-refractivity contribution in [1.29, 1.82) is 0 Å². The van der Waals surface area contributed by atoms with Crippen molar-refractivity contribution in [2.24, 2.45) is 5.92 Å². The molecule has 124 valence electrons. The summed E-state index contributed by atoms with van der Waals surface area (Å²) in [5.41, 5.74) is 2.57. The number of hydrogen-bond donors (Lipinski definition) is 0.